The van der Waals surface area contributed by atoms with Crippen molar-refractivity contribution >= 4 is 17.4 Å². The maximum absolute atomic E-state index is 13.6. The standard InChI is InChI=1S/C25H21FN2O3/c1-15-5-6-19(12-16(15)2)23(29)21-22(18-7-9-20(26)10-8-18)28(25(31)24(21)30)14-17-4-3-11-27-13-17/h3-13,22,29H,14H2,1-2H3/b23-21-. The molecule has 156 valence electrons. The lowest BCUT2D eigenvalue weighted by Gasteiger charge is -2.25. The number of rotatable bonds is 4. The molecule has 4 rings (SSSR count). The van der Waals surface area contributed by atoms with Crippen LogP contribution in [0.1, 0.15) is 33.9 Å². The fourth-order valence-corrected chi connectivity index (χ4v) is 3.77. The summed E-state index contributed by atoms with van der Waals surface area (Å²) < 4.78 is 13.6. The largest absolute Gasteiger partial charge is 0.507 e. The molecule has 0 bridgehead atoms. The summed E-state index contributed by atoms with van der Waals surface area (Å²) in [6, 6.07) is 13.6. The van der Waals surface area contributed by atoms with Gasteiger partial charge >= 0.3 is 0 Å². The summed E-state index contributed by atoms with van der Waals surface area (Å²) in [6.07, 6.45) is 3.24. The van der Waals surface area contributed by atoms with Crippen LogP contribution in [0.4, 0.5) is 4.39 Å². The van der Waals surface area contributed by atoms with Crippen LogP contribution in [0.3, 0.4) is 0 Å². The Balaban J connectivity index is 1.87. The maximum Gasteiger partial charge on any atom is 0.295 e. The van der Waals surface area contributed by atoms with E-state index in [1.54, 1.807) is 36.7 Å². The van der Waals surface area contributed by atoms with Crippen LogP contribution in [0.5, 0.6) is 0 Å². The maximum atomic E-state index is 13.6. The molecular formula is C25H21FN2O3. The number of benzene rings is 2. The lowest BCUT2D eigenvalue weighted by molar-refractivity contribution is -0.140. The number of aliphatic hydroxyl groups excluding tert-OH is 1. The van der Waals surface area contributed by atoms with Gasteiger partial charge in [0, 0.05) is 24.5 Å². The van der Waals surface area contributed by atoms with Crippen LogP contribution in [-0.4, -0.2) is 26.7 Å². The van der Waals surface area contributed by atoms with Gasteiger partial charge in [-0.25, -0.2) is 4.39 Å². The van der Waals surface area contributed by atoms with Crippen molar-refractivity contribution in [2.75, 3.05) is 0 Å². The van der Waals surface area contributed by atoms with Crippen LogP contribution >= 0.6 is 0 Å². The first-order valence-corrected chi connectivity index (χ1v) is 9.87. The van der Waals surface area contributed by atoms with Crippen molar-refractivity contribution in [3.63, 3.8) is 0 Å². The average Bonchev–Trinajstić information content (AvgIpc) is 3.01. The second kappa shape index (κ2) is 8.14. The van der Waals surface area contributed by atoms with Crippen molar-refractivity contribution in [2.45, 2.75) is 26.4 Å². The molecule has 1 amide bonds. The molecule has 1 N–H and O–H groups in total. The highest BCUT2D eigenvalue weighted by atomic mass is 19.1. The number of hydrogen-bond acceptors (Lipinski definition) is 4. The molecule has 1 saturated heterocycles. The molecule has 0 saturated carbocycles. The Hall–Kier alpha value is -3.80. The van der Waals surface area contributed by atoms with Gasteiger partial charge in [-0.15, -0.1) is 0 Å². The molecule has 0 radical (unpaired) electrons. The van der Waals surface area contributed by atoms with E-state index in [9.17, 15) is 19.1 Å². The highest BCUT2D eigenvalue weighted by molar-refractivity contribution is 6.46. The topological polar surface area (TPSA) is 70.5 Å². The van der Waals surface area contributed by atoms with Crippen molar-refractivity contribution in [1.29, 1.82) is 0 Å². The van der Waals surface area contributed by atoms with E-state index in [0.717, 1.165) is 16.7 Å². The number of nitrogens with zero attached hydrogens (tertiary/aromatic N) is 2. The van der Waals surface area contributed by atoms with Crippen LogP contribution < -0.4 is 0 Å². The molecule has 31 heavy (non-hydrogen) atoms. The molecular weight excluding hydrogens is 395 g/mol. The van der Waals surface area contributed by atoms with Gasteiger partial charge in [-0.1, -0.05) is 30.3 Å². The van der Waals surface area contributed by atoms with E-state index < -0.39 is 23.5 Å². The van der Waals surface area contributed by atoms with Crippen molar-refractivity contribution in [1.82, 2.24) is 9.88 Å². The third-order valence-corrected chi connectivity index (χ3v) is 5.58. The molecule has 1 aliphatic rings. The Kier molecular flexibility index (Phi) is 5.38. The van der Waals surface area contributed by atoms with Gasteiger partial charge in [-0.2, -0.15) is 0 Å². The van der Waals surface area contributed by atoms with Crippen LogP contribution in [0.2, 0.25) is 0 Å². The molecule has 5 nitrogen and oxygen atoms in total. The zero-order valence-corrected chi connectivity index (χ0v) is 17.2. The van der Waals surface area contributed by atoms with Crippen LogP contribution in [0, 0.1) is 19.7 Å². The molecule has 1 unspecified atom stereocenters. The van der Waals surface area contributed by atoms with Crippen molar-refractivity contribution < 1.29 is 19.1 Å². The SMILES string of the molecule is Cc1ccc(/C(O)=C2/C(=O)C(=O)N(Cc3cccnc3)C2c2ccc(F)cc2)cc1C. The van der Waals surface area contributed by atoms with Gasteiger partial charge in [0.1, 0.15) is 11.6 Å². The lowest BCUT2D eigenvalue weighted by atomic mass is 9.94. The van der Waals surface area contributed by atoms with Gasteiger partial charge in [0.05, 0.1) is 11.6 Å². The number of amides is 1. The lowest BCUT2D eigenvalue weighted by Crippen LogP contribution is -2.29. The second-order valence-electron chi connectivity index (χ2n) is 7.64. The molecule has 0 aliphatic carbocycles. The number of halogens is 1. The normalized spacial score (nSPS) is 17.9. The molecule has 1 fully saturated rings. The molecule has 6 heteroatoms. The molecule has 0 spiro atoms. The Morgan fingerprint density at radius 2 is 1.81 bits per heavy atom. The monoisotopic (exact) mass is 416 g/mol. The number of carbonyl (C=O) groups is 2. The minimum Gasteiger partial charge on any atom is -0.507 e. The van der Waals surface area contributed by atoms with E-state index in [1.807, 2.05) is 19.9 Å². The summed E-state index contributed by atoms with van der Waals surface area (Å²) in [5.74, 6) is -2.16. The zero-order valence-electron chi connectivity index (χ0n) is 17.2. The van der Waals surface area contributed by atoms with Gasteiger partial charge in [0.15, 0.2) is 0 Å². The summed E-state index contributed by atoms with van der Waals surface area (Å²) in [5, 5.41) is 11.1. The van der Waals surface area contributed by atoms with E-state index in [0.29, 0.717) is 11.1 Å². The molecule has 2 aromatic carbocycles. The van der Waals surface area contributed by atoms with Gasteiger partial charge in [-0.3, -0.25) is 14.6 Å². The zero-order chi connectivity index (χ0) is 22.1. The Bertz CT molecular complexity index is 1190. The molecule has 2 heterocycles. The van der Waals surface area contributed by atoms with E-state index >= 15 is 0 Å². The van der Waals surface area contributed by atoms with Crippen molar-refractivity contribution in [2.24, 2.45) is 0 Å². The van der Waals surface area contributed by atoms with Crippen LogP contribution in [0.15, 0.2) is 72.6 Å². The summed E-state index contributed by atoms with van der Waals surface area (Å²) >= 11 is 0. The molecule has 1 atom stereocenters. The number of aromatic nitrogens is 1. The number of Topliss-reactive ketones (excluding diaryl/α,β-unsaturated/α-hetero) is 1. The number of hydrogen-bond donors (Lipinski definition) is 1. The number of aryl methyl sites for hydroxylation is 2. The van der Waals surface area contributed by atoms with Crippen molar-refractivity contribution in [3.05, 3.63) is 106 Å². The van der Waals surface area contributed by atoms with E-state index in [-0.39, 0.29) is 17.9 Å². The second-order valence-corrected chi connectivity index (χ2v) is 7.64. The number of carbonyl (C=O) groups excluding carboxylic acids is 2. The number of aliphatic hydroxyl groups is 1. The first-order chi connectivity index (χ1) is 14.9. The van der Waals surface area contributed by atoms with E-state index in [2.05, 4.69) is 4.98 Å². The number of ketones is 1. The van der Waals surface area contributed by atoms with Gasteiger partial charge < -0.3 is 10.0 Å². The Morgan fingerprint density at radius 1 is 1.06 bits per heavy atom. The summed E-state index contributed by atoms with van der Waals surface area (Å²) in [4.78, 5) is 31.4. The predicted molar refractivity (Wildman–Crippen MR) is 114 cm³/mol. The van der Waals surface area contributed by atoms with Crippen molar-refractivity contribution in [3.8, 4) is 0 Å². The van der Waals surface area contributed by atoms with Gasteiger partial charge in [-0.05, 0) is 60.4 Å². The summed E-state index contributed by atoms with van der Waals surface area (Å²) in [5.41, 5.74) is 3.71. The fraction of sp³-hybridized carbons (Fsp3) is 0.160. The fourth-order valence-electron chi connectivity index (χ4n) is 3.77. The average molecular weight is 416 g/mol. The van der Waals surface area contributed by atoms with E-state index in [4.69, 9.17) is 0 Å². The highest BCUT2D eigenvalue weighted by Gasteiger charge is 2.46. The van der Waals surface area contributed by atoms with Crippen LogP contribution in [-0.2, 0) is 16.1 Å². The molecule has 1 aromatic heterocycles. The third-order valence-electron chi connectivity index (χ3n) is 5.58. The minimum absolute atomic E-state index is 0.0104. The Labute approximate surface area is 179 Å². The molecule has 1 aliphatic heterocycles. The minimum atomic E-state index is -0.845. The number of pyridine rings is 1. The van der Waals surface area contributed by atoms with Gasteiger partial charge in [0.2, 0.25) is 0 Å². The first-order valence-electron chi connectivity index (χ1n) is 9.87. The highest BCUT2D eigenvalue weighted by Crippen LogP contribution is 2.40. The smallest absolute Gasteiger partial charge is 0.295 e. The van der Waals surface area contributed by atoms with Gasteiger partial charge in [0.25, 0.3) is 11.7 Å². The predicted octanol–water partition coefficient (Wildman–Crippen LogP) is 4.46. The summed E-state index contributed by atoms with van der Waals surface area (Å²) in [7, 11) is 0. The number of likely N-dealkylation sites (tertiary alicyclic amines) is 1. The third kappa shape index (κ3) is 3.84. The van der Waals surface area contributed by atoms with E-state index in [1.165, 1.54) is 29.2 Å². The molecule has 3 aromatic rings. The first kappa shape index (κ1) is 20.5. The summed E-state index contributed by atoms with van der Waals surface area (Å²) in [6.45, 7) is 3.99. The Morgan fingerprint density at radius 3 is 2.45 bits per heavy atom. The van der Waals surface area contributed by atoms with Crippen LogP contribution in [0.25, 0.3) is 5.76 Å². The quantitative estimate of drug-likeness (QED) is 0.387.